The van der Waals surface area contributed by atoms with Crippen molar-refractivity contribution in [1.29, 1.82) is 0 Å². The van der Waals surface area contributed by atoms with E-state index in [1.807, 2.05) is 0 Å². The molecular formula is C54H44N4. The maximum Gasteiger partial charge on any atom is 0.0512 e. The van der Waals surface area contributed by atoms with Gasteiger partial charge in [-0.3, -0.25) is 0 Å². The zero-order valence-electron chi connectivity index (χ0n) is 32.8. The molecule has 0 aliphatic carbocycles. The number of benzene rings is 8. The van der Waals surface area contributed by atoms with Crippen molar-refractivity contribution in [3.8, 4) is 0 Å². The molecule has 0 fully saturated rings. The number of fused-ring (bicyclic) bond motifs is 6. The first-order chi connectivity index (χ1) is 28.7. The fourth-order valence-corrected chi connectivity index (χ4v) is 8.76. The van der Waals surface area contributed by atoms with Crippen molar-refractivity contribution in [2.45, 2.75) is 26.9 Å². The minimum absolute atomic E-state index is 0.877. The van der Waals surface area contributed by atoms with E-state index in [0.29, 0.717) is 0 Å². The Hall–Kier alpha value is -7.30. The van der Waals surface area contributed by atoms with Crippen molar-refractivity contribution in [1.82, 2.24) is 9.13 Å². The second-order valence-corrected chi connectivity index (χ2v) is 14.8. The number of hydrogen-bond acceptors (Lipinski definition) is 2. The van der Waals surface area contributed by atoms with Crippen LogP contribution >= 0.6 is 0 Å². The van der Waals surface area contributed by atoms with Gasteiger partial charge in [0.05, 0.1) is 11.0 Å². The molecule has 2 aromatic heterocycles. The highest BCUT2D eigenvalue weighted by Crippen LogP contribution is 2.40. The molecule has 0 bridgehead atoms. The second-order valence-electron chi connectivity index (χ2n) is 14.8. The number of hydrogen-bond donors (Lipinski definition) is 0. The van der Waals surface area contributed by atoms with Gasteiger partial charge in [-0.1, -0.05) is 121 Å². The smallest absolute Gasteiger partial charge is 0.0512 e. The maximum atomic E-state index is 2.45. The molecule has 0 unspecified atom stereocenters. The van der Waals surface area contributed by atoms with E-state index >= 15 is 0 Å². The first kappa shape index (κ1) is 35.1. The summed E-state index contributed by atoms with van der Waals surface area (Å²) in [7, 11) is 0. The third-order valence-electron chi connectivity index (χ3n) is 11.4. The van der Waals surface area contributed by atoms with E-state index in [1.54, 1.807) is 0 Å². The van der Waals surface area contributed by atoms with Gasteiger partial charge in [0, 0.05) is 79.8 Å². The van der Waals surface area contributed by atoms with Crippen molar-refractivity contribution < 1.29 is 0 Å². The number of para-hydroxylation sites is 4. The average molecular weight is 749 g/mol. The van der Waals surface area contributed by atoms with Gasteiger partial charge in [0.2, 0.25) is 0 Å². The van der Waals surface area contributed by atoms with Gasteiger partial charge < -0.3 is 18.9 Å². The molecule has 0 atom stereocenters. The summed E-state index contributed by atoms with van der Waals surface area (Å²) in [5.41, 5.74) is 14.2. The predicted molar refractivity (Wildman–Crippen MR) is 249 cm³/mol. The summed E-state index contributed by atoms with van der Waals surface area (Å²) in [5.74, 6) is 0. The van der Waals surface area contributed by atoms with Gasteiger partial charge in [0.15, 0.2) is 0 Å². The Bertz CT molecular complexity index is 2780. The molecule has 0 N–H and O–H groups in total. The quantitative estimate of drug-likeness (QED) is 0.130. The normalized spacial score (nSPS) is 11.7. The number of aromatic nitrogens is 2. The molecule has 0 aliphatic rings. The van der Waals surface area contributed by atoms with Crippen LogP contribution in [0.1, 0.15) is 25.0 Å². The van der Waals surface area contributed by atoms with Gasteiger partial charge in [-0.25, -0.2) is 0 Å². The maximum absolute atomic E-state index is 2.45. The Labute approximate surface area is 339 Å². The molecule has 58 heavy (non-hydrogen) atoms. The number of anilines is 6. The van der Waals surface area contributed by atoms with Gasteiger partial charge in [-0.05, 0) is 110 Å². The minimum Gasteiger partial charge on any atom is -0.341 e. The fraction of sp³-hybridized carbons (Fsp3) is 0.0741. The molecule has 2 heterocycles. The Morgan fingerprint density at radius 3 is 0.931 bits per heavy atom. The Morgan fingerprint density at radius 2 is 0.621 bits per heavy atom. The molecule has 8 aromatic carbocycles. The van der Waals surface area contributed by atoms with E-state index in [9.17, 15) is 0 Å². The van der Waals surface area contributed by atoms with Crippen LogP contribution in [0.5, 0.6) is 0 Å². The standard InChI is InChI=1S/C54H44N4/c1-3-55-51-35-39(27-31-47(51)49-33-29-45(37-53(49)55)57(41-17-9-5-10-18-41)42-19-11-6-12-20-42)25-26-40-28-32-48-50-34-30-46(38-54(50)56(4-2)52(48)36-40)58(43-21-13-7-14-22-43)44-23-15-8-16-24-44/h5-38H,3-4H2,1-2H3/b26-25+. The lowest BCUT2D eigenvalue weighted by atomic mass is 10.1. The Balaban J connectivity index is 1.01. The van der Waals surface area contributed by atoms with E-state index in [2.05, 4.69) is 239 Å². The van der Waals surface area contributed by atoms with E-state index in [1.165, 1.54) is 54.7 Å². The monoisotopic (exact) mass is 748 g/mol. The molecule has 4 heteroatoms. The first-order valence-electron chi connectivity index (χ1n) is 20.3. The summed E-state index contributed by atoms with van der Waals surface area (Å²) in [6.07, 6.45) is 4.51. The van der Waals surface area contributed by atoms with Crippen molar-refractivity contribution >= 4 is 89.9 Å². The van der Waals surface area contributed by atoms with Crippen LogP contribution in [0, 0.1) is 0 Å². The molecule has 0 amide bonds. The van der Waals surface area contributed by atoms with Crippen LogP contribution in [0.25, 0.3) is 55.8 Å². The molecule has 4 nitrogen and oxygen atoms in total. The van der Waals surface area contributed by atoms with Crippen LogP contribution in [0.2, 0.25) is 0 Å². The molecule has 0 saturated heterocycles. The molecule has 10 rings (SSSR count). The lowest BCUT2D eigenvalue weighted by molar-refractivity contribution is 0.827. The van der Waals surface area contributed by atoms with Crippen LogP contribution in [-0.4, -0.2) is 9.13 Å². The molecule has 0 aliphatic heterocycles. The Kier molecular flexibility index (Phi) is 9.08. The number of aryl methyl sites for hydroxylation is 2. The fourth-order valence-electron chi connectivity index (χ4n) is 8.76. The van der Waals surface area contributed by atoms with Crippen molar-refractivity contribution in [3.63, 3.8) is 0 Å². The molecular weight excluding hydrogens is 705 g/mol. The SMILES string of the molecule is CCn1c2cc(/C=C/c3ccc4c5ccc(N(c6ccccc6)c6ccccc6)cc5n(CC)c4c3)ccc2c2ccc(N(c3ccccc3)c3ccccc3)cc21. The van der Waals surface area contributed by atoms with Crippen LogP contribution in [-0.2, 0) is 13.1 Å². The van der Waals surface area contributed by atoms with Gasteiger partial charge in [0.1, 0.15) is 0 Å². The highest BCUT2D eigenvalue weighted by molar-refractivity contribution is 6.11. The summed E-state index contributed by atoms with van der Waals surface area (Å²) in [6, 6.07) is 70.1. The highest BCUT2D eigenvalue weighted by Gasteiger charge is 2.18. The van der Waals surface area contributed by atoms with Crippen LogP contribution in [0.4, 0.5) is 34.1 Å². The van der Waals surface area contributed by atoms with Crippen molar-refractivity contribution in [3.05, 3.63) is 205 Å². The zero-order valence-corrected chi connectivity index (χ0v) is 32.8. The summed E-state index contributed by atoms with van der Waals surface area (Å²) in [6.45, 7) is 6.24. The zero-order chi connectivity index (χ0) is 39.0. The lowest BCUT2D eigenvalue weighted by Gasteiger charge is -2.25. The topological polar surface area (TPSA) is 16.3 Å². The van der Waals surface area contributed by atoms with E-state index in [-0.39, 0.29) is 0 Å². The van der Waals surface area contributed by atoms with E-state index in [4.69, 9.17) is 0 Å². The van der Waals surface area contributed by atoms with E-state index in [0.717, 1.165) is 47.2 Å². The molecule has 0 radical (unpaired) electrons. The molecule has 280 valence electrons. The van der Waals surface area contributed by atoms with Gasteiger partial charge in [0.25, 0.3) is 0 Å². The number of rotatable bonds is 10. The summed E-state index contributed by atoms with van der Waals surface area (Å²) in [5, 5.41) is 5.10. The summed E-state index contributed by atoms with van der Waals surface area (Å²) < 4.78 is 4.91. The second kappa shape index (κ2) is 15.0. The minimum atomic E-state index is 0.877. The van der Waals surface area contributed by atoms with Gasteiger partial charge in [-0.15, -0.1) is 0 Å². The largest absolute Gasteiger partial charge is 0.341 e. The average Bonchev–Trinajstić information content (AvgIpc) is 3.77. The number of nitrogens with zero attached hydrogens (tertiary/aromatic N) is 4. The predicted octanol–water partition coefficient (Wildman–Crippen LogP) is 15.1. The Morgan fingerprint density at radius 1 is 0.328 bits per heavy atom. The first-order valence-corrected chi connectivity index (χ1v) is 20.3. The lowest BCUT2D eigenvalue weighted by Crippen LogP contribution is -2.09. The van der Waals surface area contributed by atoms with E-state index < -0.39 is 0 Å². The van der Waals surface area contributed by atoms with Crippen LogP contribution < -0.4 is 9.80 Å². The summed E-state index contributed by atoms with van der Waals surface area (Å²) >= 11 is 0. The van der Waals surface area contributed by atoms with Gasteiger partial charge in [-0.2, -0.15) is 0 Å². The van der Waals surface area contributed by atoms with Crippen molar-refractivity contribution in [2.24, 2.45) is 0 Å². The molecule has 0 spiro atoms. The third-order valence-corrected chi connectivity index (χ3v) is 11.4. The molecule has 10 aromatic rings. The van der Waals surface area contributed by atoms with Crippen molar-refractivity contribution in [2.75, 3.05) is 9.80 Å². The third kappa shape index (κ3) is 6.20. The highest BCUT2D eigenvalue weighted by atomic mass is 15.1. The van der Waals surface area contributed by atoms with Crippen LogP contribution in [0.3, 0.4) is 0 Å². The van der Waals surface area contributed by atoms with Crippen LogP contribution in [0.15, 0.2) is 194 Å². The summed E-state index contributed by atoms with van der Waals surface area (Å²) in [4.78, 5) is 4.67. The van der Waals surface area contributed by atoms with Gasteiger partial charge >= 0.3 is 0 Å². The molecule has 0 saturated carbocycles.